The molecule has 0 aliphatic carbocycles. The highest BCUT2D eigenvalue weighted by Crippen LogP contribution is 2.27. The highest BCUT2D eigenvalue weighted by Gasteiger charge is 2.21. The monoisotopic (exact) mass is 352 g/mol. The summed E-state index contributed by atoms with van der Waals surface area (Å²) >= 11 is 3.39. The number of hydrogen-bond donors (Lipinski definition) is 0. The van der Waals surface area contributed by atoms with Gasteiger partial charge in [-0.3, -0.25) is 9.48 Å². The molecule has 0 radical (unpaired) electrons. The van der Waals surface area contributed by atoms with Crippen LogP contribution in [0, 0.1) is 0 Å². The average molecular weight is 353 g/mol. The number of rotatable bonds is 5. The van der Waals surface area contributed by atoms with E-state index in [0.29, 0.717) is 27.2 Å². The Morgan fingerprint density at radius 1 is 1.19 bits per heavy atom. The standard InChI is InChI=1S/C15H17BrN2O3/c1-9(2)18-14(13(16)8-17-18)15(19)10-5-11(20-3)7-12(6-10)21-4/h5-9H,1-4H3. The third-order valence-corrected chi connectivity index (χ3v) is 3.65. The van der Waals surface area contributed by atoms with Crippen LogP contribution in [-0.2, 0) is 0 Å². The molecule has 0 unspecified atom stereocenters. The van der Waals surface area contributed by atoms with E-state index in [2.05, 4.69) is 21.0 Å². The molecule has 0 amide bonds. The van der Waals surface area contributed by atoms with Gasteiger partial charge in [0.15, 0.2) is 0 Å². The number of methoxy groups -OCH3 is 2. The summed E-state index contributed by atoms with van der Waals surface area (Å²) in [7, 11) is 3.11. The van der Waals surface area contributed by atoms with Crippen LogP contribution in [0.3, 0.4) is 0 Å². The molecule has 0 N–H and O–H groups in total. The minimum absolute atomic E-state index is 0.0859. The smallest absolute Gasteiger partial charge is 0.212 e. The number of ketones is 1. The summed E-state index contributed by atoms with van der Waals surface area (Å²) in [6.07, 6.45) is 1.63. The summed E-state index contributed by atoms with van der Waals surface area (Å²) in [5, 5.41) is 4.23. The second-order valence-corrected chi connectivity index (χ2v) is 5.66. The van der Waals surface area contributed by atoms with E-state index < -0.39 is 0 Å². The van der Waals surface area contributed by atoms with Crippen LogP contribution in [0.5, 0.6) is 11.5 Å². The molecule has 0 aliphatic heterocycles. The lowest BCUT2D eigenvalue weighted by atomic mass is 10.1. The minimum atomic E-state index is -0.134. The lowest BCUT2D eigenvalue weighted by Crippen LogP contribution is -2.14. The second-order valence-electron chi connectivity index (χ2n) is 4.81. The fraction of sp³-hybridized carbons (Fsp3) is 0.333. The molecule has 5 nitrogen and oxygen atoms in total. The highest BCUT2D eigenvalue weighted by molar-refractivity contribution is 9.10. The SMILES string of the molecule is COc1cc(OC)cc(C(=O)c2c(Br)cnn2C(C)C)c1. The van der Waals surface area contributed by atoms with E-state index in [1.165, 1.54) is 0 Å². The molecule has 1 aromatic carbocycles. The summed E-state index contributed by atoms with van der Waals surface area (Å²) in [4.78, 5) is 12.8. The molecule has 1 heterocycles. The minimum Gasteiger partial charge on any atom is -0.497 e. The molecular weight excluding hydrogens is 336 g/mol. The number of carbonyl (C=O) groups is 1. The van der Waals surface area contributed by atoms with E-state index >= 15 is 0 Å². The summed E-state index contributed by atoms with van der Waals surface area (Å²) in [6.45, 7) is 3.95. The van der Waals surface area contributed by atoms with E-state index in [1.54, 1.807) is 43.3 Å². The van der Waals surface area contributed by atoms with E-state index in [-0.39, 0.29) is 11.8 Å². The molecule has 112 valence electrons. The molecule has 2 rings (SSSR count). The van der Waals surface area contributed by atoms with Crippen LogP contribution in [0.4, 0.5) is 0 Å². The Morgan fingerprint density at radius 3 is 2.24 bits per heavy atom. The number of hydrogen-bond acceptors (Lipinski definition) is 4. The van der Waals surface area contributed by atoms with Gasteiger partial charge in [0.25, 0.3) is 0 Å². The van der Waals surface area contributed by atoms with Gasteiger partial charge >= 0.3 is 0 Å². The van der Waals surface area contributed by atoms with Crippen molar-refractivity contribution >= 4 is 21.7 Å². The molecular formula is C15H17BrN2O3. The summed E-state index contributed by atoms with van der Waals surface area (Å²) < 4.78 is 12.8. The number of nitrogens with zero attached hydrogens (tertiary/aromatic N) is 2. The third-order valence-electron chi connectivity index (χ3n) is 3.07. The maximum Gasteiger partial charge on any atom is 0.212 e. The van der Waals surface area contributed by atoms with Crippen LogP contribution in [0.25, 0.3) is 0 Å². The fourth-order valence-corrected chi connectivity index (χ4v) is 2.47. The van der Waals surface area contributed by atoms with Gasteiger partial charge in [-0.25, -0.2) is 0 Å². The molecule has 0 fully saturated rings. The Kier molecular flexibility index (Phi) is 4.67. The number of aromatic nitrogens is 2. The van der Waals surface area contributed by atoms with Gasteiger partial charge in [-0.05, 0) is 41.9 Å². The Bertz CT molecular complexity index is 643. The van der Waals surface area contributed by atoms with E-state index in [0.717, 1.165) is 0 Å². The van der Waals surface area contributed by atoms with Gasteiger partial charge in [0.1, 0.15) is 17.2 Å². The zero-order valence-corrected chi connectivity index (χ0v) is 14.0. The van der Waals surface area contributed by atoms with Crippen LogP contribution >= 0.6 is 15.9 Å². The van der Waals surface area contributed by atoms with Crippen LogP contribution in [0.1, 0.15) is 35.9 Å². The van der Waals surface area contributed by atoms with Crippen molar-refractivity contribution < 1.29 is 14.3 Å². The summed E-state index contributed by atoms with van der Waals surface area (Å²) in [5.41, 5.74) is 1.01. The van der Waals surface area contributed by atoms with Gasteiger partial charge in [-0.1, -0.05) is 0 Å². The van der Waals surface area contributed by atoms with Crippen molar-refractivity contribution in [2.75, 3.05) is 14.2 Å². The average Bonchev–Trinajstić information content (AvgIpc) is 2.87. The van der Waals surface area contributed by atoms with E-state index in [9.17, 15) is 4.79 Å². The molecule has 0 bridgehead atoms. The van der Waals surface area contributed by atoms with Gasteiger partial charge in [0.05, 0.1) is 24.9 Å². The van der Waals surface area contributed by atoms with Gasteiger partial charge in [0, 0.05) is 17.7 Å². The first-order valence-electron chi connectivity index (χ1n) is 6.48. The zero-order valence-electron chi connectivity index (χ0n) is 12.4. The first-order chi connectivity index (χ1) is 9.97. The van der Waals surface area contributed by atoms with Crippen molar-refractivity contribution in [1.82, 2.24) is 9.78 Å². The topological polar surface area (TPSA) is 53.4 Å². The lowest BCUT2D eigenvalue weighted by Gasteiger charge is -2.12. The van der Waals surface area contributed by atoms with Gasteiger partial charge in [-0.2, -0.15) is 5.10 Å². The van der Waals surface area contributed by atoms with Crippen LogP contribution in [0.2, 0.25) is 0 Å². The predicted octanol–water partition coefficient (Wildman–Crippen LogP) is 3.47. The molecule has 0 spiro atoms. The molecule has 0 saturated heterocycles. The molecule has 21 heavy (non-hydrogen) atoms. The third kappa shape index (κ3) is 3.10. The van der Waals surface area contributed by atoms with Crippen LogP contribution in [-0.4, -0.2) is 29.8 Å². The first kappa shape index (κ1) is 15.6. The maximum absolute atomic E-state index is 12.8. The Hall–Kier alpha value is -1.82. The molecule has 0 aliphatic rings. The number of carbonyl (C=O) groups excluding carboxylic acids is 1. The van der Waals surface area contributed by atoms with Crippen LogP contribution < -0.4 is 9.47 Å². The van der Waals surface area contributed by atoms with Crippen molar-refractivity contribution in [1.29, 1.82) is 0 Å². The quantitative estimate of drug-likeness (QED) is 0.773. The second kappa shape index (κ2) is 6.30. The van der Waals surface area contributed by atoms with Crippen molar-refractivity contribution in [2.45, 2.75) is 19.9 Å². The van der Waals surface area contributed by atoms with Gasteiger partial charge < -0.3 is 9.47 Å². The van der Waals surface area contributed by atoms with Crippen molar-refractivity contribution in [3.63, 3.8) is 0 Å². The van der Waals surface area contributed by atoms with Crippen molar-refractivity contribution in [3.8, 4) is 11.5 Å². The van der Waals surface area contributed by atoms with Gasteiger partial charge in [-0.15, -0.1) is 0 Å². The Labute approximate surface area is 132 Å². The predicted molar refractivity (Wildman–Crippen MR) is 83.3 cm³/mol. The highest BCUT2D eigenvalue weighted by atomic mass is 79.9. The molecule has 2 aromatic rings. The van der Waals surface area contributed by atoms with E-state index in [4.69, 9.17) is 9.47 Å². The Balaban J connectivity index is 2.52. The normalized spacial score (nSPS) is 10.8. The van der Waals surface area contributed by atoms with Crippen molar-refractivity contribution in [3.05, 3.63) is 40.1 Å². The van der Waals surface area contributed by atoms with E-state index in [1.807, 2.05) is 13.8 Å². The summed E-state index contributed by atoms with van der Waals surface area (Å²) in [6, 6.07) is 5.19. The molecule has 1 aromatic heterocycles. The fourth-order valence-electron chi connectivity index (χ4n) is 2.02. The number of benzene rings is 1. The lowest BCUT2D eigenvalue weighted by molar-refractivity contribution is 0.102. The van der Waals surface area contributed by atoms with Gasteiger partial charge in [0.2, 0.25) is 5.78 Å². The molecule has 0 atom stereocenters. The van der Waals surface area contributed by atoms with Crippen LogP contribution in [0.15, 0.2) is 28.9 Å². The zero-order chi connectivity index (χ0) is 15.6. The maximum atomic E-state index is 12.8. The Morgan fingerprint density at radius 2 is 1.76 bits per heavy atom. The number of ether oxygens (including phenoxy) is 2. The van der Waals surface area contributed by atoms with Crippen molar-refractivity contribution in [2.24, 2.45) is 0 Å². The number of halogens is 1. The summed E-state index contributed by atoms with van der Waals surface area (Å²) in [5.74, 6) is 1.01. The molecule has 0 saturated carbocycles. The first-order valence-corrected chi connectivity index (χ1v) is 7.28. The largest absolute Gasteiger partial charge is 0.497 e. The molecule has 6 heteroatoms.